The Balaban J connectivity index is 1.60. The fraction of sp³-hybridized carbons (Fsp3) is 0.500. The van der Waals surface area contributed by atoms with Gasteiger partial charge in [0.05, 0.1) is 11.3 Å². The highest BCUT2D eigenvalue weighted by Crippen LogP contribution is 2.35. The van der Waals surface area contributed by atoms with Gasteiger partial charge < -0.3 is 14.6 Å². The number of amides is 1. The molecule has 26 heavy (non-hydrogen) atoms. The van der Waals surface area contributed by atoms with Crippen LogP contribution in [0.1, 0.15) is 47.8 Å². The minimum absolute atomic E-state index is 0.105. The lowest BCUT2D eigenvalue weighted by atomic mass is 9.92. The molecule has 2 aromatic rings. The molecule has 1 aliphatic carbocycles. The van der Waals surface area contributed by atoms with E-state index in [1.54, 1.807) is 0 Å². The second-order valence-corrected chi connectivity index (χ2v) is 6.83. The van der Waals surface area contributed by atoms with Crippen molar-refractivity contribution >= 4 is 22.5 Å². The number of hydrogen-bond acceptors (Lipinski definition) is 4. The SMILES string of the molecule is CCOCCCNCCn1c2c3c4c(cccc41)C(=O)NN=C3CCC2. The summed E-state index contributed by atoms with van der Waals surface area (Å²) in [6.45, 7) is 6.38. The molecule has 0 unspecified atom stereocenters. The van der Waals surface area contributed by atoms with Gasteiger partial charge in [-0.15, -0.1) is 0 Å². The van der Waals surface area contributed by atoms with Crippen molar-refractivity contribution in [3.63, 3.8) is 0 Å². The number of benzene rings is 1. The first-order valence-corrected chi connectivity index (χ1v) is 9.61. The van der Waals surface area contributed by atoms with E-state index in [0.717, 1.165) is 80.7 Å². The maximum absolute atomic E-state index is 12.4. The van der Waals surface area contributed by atoms with Gasteiger partial charge in [-0.2, -0.15) is 5.10 Å². The molecule has 1 aromatic carbocycles. The molecule has 0 spiro atoms. The first kappa shape index (κ1) is 17.2. The van der Waals surface area contributed by atoms with Crippen LogP contribution in [0.5, 0.6) is 0 Å². The summed E-state index contributed by atoms with van der Waals surface area (Å²) in [6.07, 6.45) is 4.08. The highest BCUT2D eigenvalue weighted by atomic mass is 16.5. The Bertz CT molecular complexity index is 853. The Morgan fingerprint density at radius 1 is 1.31 bits per heavy atom. The lowest BCUT2D eigenvalue weighted by molar-refractivity contribution is 0.0957. The molecule has 1 amide bonds. The summed E-state index contributed by atoms with van der Waals surface area (Å²) in [4.78, 5) is 12.4. The average Bonchev–Trinajstić information content (AvgIpc) is 2.91. The number of carbonyl (C=O) groups is 1. The lowest BCUT2D eigenvalue weighted by Crippen LogP contribution is -2.24. The molecule has 0 atom stereocenters. The molecule has 0 radical (unpaired) electrons. The third-order valence-electron chi connectivity index (χ3n) is 5.21. The van der Waals surface area contributed by atoms with Gasteiger partial charge in [0.1, 0.15) is 0 Å². The summed E-state index contributed by atoms with van der Waals surface area (Å²) in [7, 11) is 0. The van der Waals surface area contributed by atoms with E-state index < -0.39 is 0 Å². The minimum atomic E-state index is -0.105. The van der Waals surface area contributed by atoms with Crippen LogP contribution in [0.4, 0.5) is 0 Å². The van der Waals surface area contributed by atoms with E-state index in [-0.39, 0.29) is 5.91 Å². The number of hydrogen-bond donors (Lipinski definition) is 2. The number of carbonyl (C=O) groups excluding carboxylic acids is 1. The minimum Gasteiger partial charge on any atom is -0.382 e. The molecular formula is C20H26N4O2. The number of hydrazone groups is 1. The summed E-state index contributed by atoms with van der Waals surface area (Å²) in [5.74, 6) is -0.105. The molecule has 2 aliphatic rings. The second-order valence-electron chi connectivity index (χ2n) is 6.83. The molecule has 4 rings (SSSR count). The number of ether oxygens (including phenoxy) is 1. The van der Waals surface area contributed by atoms with Gasteiger partial charge in [0, 0.05) is 48.5 Å². The van der Waals surface area contributed by atoms with Crippen molar-refractivity contribution < 1.29 is 9.53 Å². The fourth-order valence-electron chi connectivity index (χ4n) is 4.07. The van der Waals surface area contributed by atoms with Crippen LogP contribution >= 0.6 is 0 Å². The molecular weight excluding hydrogens is 328 g/mol. The quantitative estimate of drug-likeness (QED) is 0.716. The van der Waals surface area contributed by atoms with Crippen molar-refractivity contribution in [1.82, 2.24) is 15.3 Å². The maximum atomic E-state index is 12.4. The van der Waals surface area contributed by atoms with Crippen LogP contribution in [0, 0.1) is 0 Å². The van der Waals surface area contributed by atoms with Gasteiger partial charge in [-0.3, -0.25) is 4.79 Å². The Kier molecular flexibility index (Phi) is 5.04. The van der Waals surface area contributed by atoms with Crippen LogP contribution < -0.4 is 10.7 Å². The monoisotopic (exact) mass is 354 g/mol. The topological polar surface area (TPSA) is 67.7 Å². The van der Waals surface area contributed by atoms with Crippen LogP contribution in [-0.4, -0.2) is 42.5 Å². The fourth-order valence-corrected chi connectivity index (χ4v) is 4.07. The van der Waals surface area contributed by atoms with Crippen molar-refractivity contribution in [2.24, 2.45) is 5.10 Å². The van der Waals surface area contributed by atoms with Gasteiger partial charge in [0.2, 0.25) is 0 Å². The molecule has 0 saturated carbocycles. The Hall–Kier alpha value is -2.18. The molecule has 0 bridgehead atoms. The molecule has 0 saturated heterocycles. The van der Waals surface area contributed by atoms with Gasteiger partial charge >= 0.3 is 0 Å². The zero-order valence-electron chi connectivity index (χ0n) is 15.3. The molecule has 138 valence electrons. The average molecular weight is 354 g/mol. The van der Waals surface area contributed by atoms with Gasteiger partial charge in [0.15, 0.2) is 0 Å². The van der Waals surface area contributed by atoms with Crippen LogP contribution in [0.2, 0.25) is 0 Å². The summed E-state index contributed by atoms with van der Waals surface area (Å²) >= 11 is 0. The summed E-state index contributed by atoms with van der Waals surface area (Å²) in [6, 6.07) is 6.00. The van der Waals surface area contributed by atoms with Crippen LogP contribution in [-0.2, 0) is 17.7 Å². The van der Waals surface area contributed by atoms with E-state index in [0.29, 0.717) is 0 Å². The predicted octanol–water partition coefficient (Wildman–Crippen LogP) is 2.44. The highest BCUT2D eigenvalue weighted by molar-refractivity contribution is 6.20. The third kappa shape index (κ3) is 3.04. The van der Waals surface area contributed by atoms with Crippen LogP contribution in [0.15, 0.2) is 23.3 Å². The third-order valence-corrected chi connectivity index (χ3v) is 5.21. The van der Waals surface area contributed by atoms with Gasteiger partial charge in [0.25, 0.3) is 5.91 Å². The predicted molar refractivity (Wildman–Crippen MR) is 103 cm³/mol. The van der Waals surface area contributed by atoms with Gasteiger partial charge in [-0.1, -0.05) is 6.07 Å². The highest BCUT2D eigenvalue weighted by Gasteiger charge is 2.29. The van der Waals surface area contributed by atoms with E-state index in [1.807, 2.05) is 19.1 Å². The molecule has 6 nitrogen and oxygen atoms in total. The summed E-state index contributed by atoms with van der Waals surface area (Å²) < 4.78 is 7.76. The van der Waals surface area contributed by atoms with E-state index >= 15 is 0 Å². The number of nitrogens with one attached hydrogen (secondary N) is 2. The molecule has 6 heteroatoms. The van der Waals surface area contributed by atoms with Gasteiger partial charge in [-0.05, 0) is 51.3 Å². The molecule has 2 heterocycles. The molecule has 2 N–H and O–H groups in total. The first-order valence-electron chi connectivity index (χ1n) is 9.61. The zero-order chi connectivity index (χ0) is 17.9. The normalized spacial score (nSPS) is 15.7. The smallest absolute Gasteiger partial charge is 0.272 e. The summed E-state index contributed by atoms with van der Waals surface area (Å²) in [5, 5.41) is 8.98. The molecule has 0 fully saturated rings. The Labute approximate surface area is 153 Å². The molecule has 1 aliphatic heterocycles. The van der Waals surface area contributed by atoms with E-state index in [2.05, 4.69) is 26.5 Å². The van der Waals surface area contributed by atoms with Crippen LogP contribution in [0.25, 0.3) is 10.9 Å². The second kappa shape index (κ2) is 7.60. The van der Waals surface area contributed by atoms with E-state index in [4.69, 9.17) is 4.74 Å². The van der Waals surface area contributed by atoms with E-state index in [9.17, 15) is 4.79 Å². The Morgan fingerprint density at radius 3 is 3.12 bits per heavy atom. The number of aromatic nitrogens is 1. The Morgan fingerprint density at radius 2 is 2.23 bits per heavy atom. The first-order chi connectivity index (χ1) is 12.8. The van der Waals surface area contributed by atoms with Crippen LogP contribution in [0.3, 0.4) is 0 Å². The van der Waals surface area contributed by atoms with Crippen molar-refractivity contribution in [3.8, 4) is 0 Å². The van der Waals surface area contributed by atoms with Crippen molar-refractivity contribution in [2.45, 2.75) is 39.2 Å². The largest absolute Gasteiger partial charge is 0.382 e. The zero-order valence-corrected chi connectivity index (χ0v) is 15.3. The van der Waals surface area contributed by atoms with Crippen molar-refractivity contribution in [2.75, 3.05) is 26.3 Å². The number of nitrogens with zero attached hydrogens (tertiary/aromatic N) is 2. The van der Waals surface area contributed by atoms with Gasteiger partial charge in [-0.25, -0.2) is 5.43 Å². The maximum Gasteiger partial charge on any atom is 0.272 e. The summed E-state index contributed by atoms with van der Waals surface area (Å²) in [5.41, 5.74) is 8.14. The number of rotatable bonds is 8. The van der Waals surface area contributed by atoms with Crippen molar-refractivity contribution in [3.05, 3.63) is 35.0 Å². The van der Waals surface area contributed by atoms with E-state index in [1.165, 1.54) is 11.3 Å². The molecule has 1 aromatic heterocycles. The van der Waals surface area contributed by atoms with Crippen molar-refractivity contribution in [1.29, 1.82) is 0 Å². The lowest BCUT2D eigenvalue weighted by Gasteiger charge is -2.17. The standard InChI is InChI=1S/C20H26N4O2/c1-2-26-13-5-10-21-11-12-24-16-8-3-6-14-18(16)19-15(22-23-20(14)25)7-4-9-17(19)24/h3,6,8,21H,2,4-5,7,9-13H2,1H3,(H,23,25).